The summed E-state index contributed by atoms with van der Waals surface area (Å²) in [6, 6.07) is 8.03. The van der Waals surface area contributed by atoms with Gasteiger partial charge < -0.3 is 0 Å². The number of alkyl halides is 1. The Labute approximate surface area is 94.3 Å². The summed E-state index contributed by atoms with van der Waals surface area (Å²) in [7, 11) is 0. The smallest absolute Gasteiger partial charge is 0.0932 e. The average molecular weight is 221 g/mol. The summed E-state index contributed by atoms with van der Waals surface area (Å²) in [5.41, 5.74) is 2.12. The minimum atomic E-state index is 0.178. The molecule has 0 bridgehead atoms. The maximum atomic E-state index is 6.15. The quantitative estimate of drug-likeness (QED) is 0.743. The largest absolute Gasteiger partial charge is 0.158 e. The number of nitrogens with zero attached hydrogens (tertiary/aromatic N) is 2. The van der Waals surface area contributed by atoms with Crippen molar-refractivity contribution < 1.29 is 0 Å². The zero-order chi connectivity index (χ0) is 10.7. The van der Waals surface area contributed by atoms with Crippen LogP contribution in [0.4, 0.5) is 0 Å². The lowest BCUT2D eigenvalue weighted by atomic mass is 10.1. The SMILES string of the molecule is CCC(Cl)Cc1cnnc2ccccc12. The molecule has 1 heterocycles. The van der Waals surface area contributed by atoms with Gasteiger partial charge in [0.15, 0.2) is 0 Å². The van der Waals surface area contributed by atoms with Crippen LogP contribution in [0.25, 0.3) is 10.9 Å². The van der Waals surface area contributed by atoms with E-state index in [9.17, 15) is 0 Å². The Kier molecular flexibility index (Phi) is 3.17. The van der Waals surface area contributed by atoms with Crippen molar-refractivity contribution in [2.24, 2.45) is 0 Å². The minimum Gasteiger partial charge on any atom is -0.158 e. The van der Waals surface area contributed by atoms with E-state index in [4.69, 9.17) is 11.6 Å². The molecule has 0 radical (unpaired) electrons. The van der Waals surface area contributed by atoms with Gasteiger partial charge in [-0.2, -0.15) is 10.2 Å². The molecule has 2 nitrogen and oxygen atoms in total. The van der Waals surface area contributed by atoms with Crippen molar-refractivity contribution >= 4 is 22.5 Å². The number of aromatic nitrogens is 2. The van der Waals surface area contributed by atoms with Crippen molar-refractivity contribution in [2.75, 3.05) is 0 Å². The lowest BCUT2D eigenvalue weighted by Crippen LogP contribution is -2.03. The van der Waals surface area contributed by atoms with Crippen LogP contribution in [-0.2, 0) is 6.42 Å². The Morgan fingerprint density at radius 1 is 1.33 bits per heavy atom. The summed E-state index contributed by atoms with van der Waals surface area (Å²) in [6.45, 7) is 2.09. The van der Waals surface area contributed by atoms with Crippen LogP contribution >= 0.6 is 11.6 Å². The van der Waals surface area contributed by atoms with Gasteiger partial charge in [-0.05, 0) is 24.5 Å². The lowest BCUT2D eigenvalue weighted by Gasteiger charge is -2.08. The van der Waals surface area contributed by atoms with E-state index < -0.39 is 0 Å². The van der Waals surface area contributed by atoms with Gasteiger partial charge in [-0.1, -0.05) is 25.1 Å². The number of benzene rings is 1. The first-order chi connectivity index (χ1) is 7.31. The van der Waals surface area contributed by atoms with E-state index in [0.717, 1.165) is 23.7 Å². The molecule has 1 aromatic heterocycles. The summed E-state index contributed by atoms with van der Waals surface area (Å²) in [4.78, 5) is 0. The Morgan fingerprint density at radius 3 is 2.93 bits per heavy atom. The Morgan fingerprint density at radius 2 is 2.13 bits per heavy atom. The first-order valence-corrected chi connectivity index (χ1v) is 5.58. The van der Waals surface area contributed by atoms with Gasteiger partial charge in [0.2, 0.25) is 0 Å². The number of halogens is 1. The highest BCUT2D eigenvalue weighted by atomic mass is 35.5. The summed E-state index contributed by atoms with van der Waals surface area (Å²) in [5.74, 6) is 0. The van der Waals surface area contributed by atoms with Crippen LogP contribution in [0.5, 0.6) is 0 Å². The van der Waals surface area contributed by atoms with Crippen LogP contribution in [0.15, 0.2) is 30.5 Å². The van der Waals surface area contributed by atoms with Gasteiger partial charge in [-0.3, -0.25) is 0 Å². The van der Waals surface area contributed by atoms with Gasteiger partial charge in [-0.25, -0.2) is 0 Å². The lowest BCUT2D eigenvalue weighted by molar-refractivity contribution is 0.803. The standard InChI is InChI=1S/C12H13ClN2/c1-2-10(13)7-9-8-14-15-12-6-4-3-5-11(9)12/h3-6,8,10H,2,7H2,1H3. The second-order valence-corrected chi connectivity index (χ2v) is 4.21. The van der Waals surface area contributed by atoms with Crippen molar-refractivity contribution in [3.05, 3.63) is 36.0 Å². The summed E-state index contributed by atoms with van der Waals surface area (Å²) in [6.07, 6.45) is 3.64. The molecule has 0 saturated heterocycles. The van der Waals surface area contributed by atoms with Crippen molar-refractivity contribution in [3.8, 4) is 0 Å². The van der Waals surface area contributed by atoms with E-state index in [1.165, 1.54) is 5.56 Å². The van der Waals surface area contributed by atoms with E-state index in [1.54, 1.807) is 0 Å². The molecule has 0 saturated carbocycles. The fourth-order valence-corrected chi connectivity index (χ4v) is 1.77. The van der Waals surface area contributed by atoms with Crippen molar-refractivity contribution in [3.63, 3.8) is 0 Å². The molecule has 0 aliphatic carbocycles. The fraction of sp³-hybridized carbons (Fsp3) is 0.333. The van der Waals surface area contributed by atoms with Crippen molar-refractivity contribution in [1.29, 1.82) is 0 Å². The van der Waals surface area contributed by atoms with E-state index in [2.05, 4.69) is 23.2 Å². The maximum Gasteiger partial charge on any atom is 0.0932 e. The Balaban J connectivity index is 2.42. The molecule has 2 aromatic rings. The summed E-state index contributed by atoms with van der Waals surface area (Å²) in [5, 5.41) is 9.41. The molecule has 3 heteroatoms. The van der Waals surface area contributed by atoms with Crippen LogP contribution < -0.4 is 0 Å². The number of hydrogen-bond acceptors (Lipinski definition) is 2. The molecular formula is C12H13ClN2. The Hall–Kier alpha value is -1.15. The van der Waals surface area contributed by atoms with E-state index in [0.29, 0.717) is 0 Å². The molecule has 1 aromatic carbocycles. The predicted molar refractivity (Wildman–Crippen MR) is 63.2 cm³/mol. The molecule has 15 heavy (non-hydrogen) atoms. The van der Waals surface area contributed by atoms with Crippen LogP contribution in [0.3, 0.4) is 0 Å². The first kappa shape index (κ1) is 10.4. The topological polar surface area (TPSA) is 25.8 Å². The second kappa shape index (κ2) is 4.58. The normalized spacial score (nSPS) is 12.9. The van der Waals surface area contributed by atoms with Gasteiger partial charge in [-0.15, -0.1) is 11.6 Å². The first-order valence-electron chi connectivity index (χ1n) is 5.14. The van der Waals surface area contributed by atoms with Crippen LogP contribution in [-0.4, -0.2) is 15.6 Å². The van der Waals surface area contributed by atoms with E-state index in [-0.39, 0.29) is 5.38 Å². The van der Waals surface area contributed by atoms with Gasteiger partial charge in [0.05, 0.1) is 11.7 Å². The zero-order valence-electron chi connectivity index (χ0n) is 8.65. The molecule has 0 amide bonds. The van der Waals surface area contributed by atoms with Gasteiger partial charge in [0.1, 0.15) is 0 Å². The molecule has 0 spiro atoms. The second-order valence-electron chi connectivity index (χ2n) is 3.60. The molecule has 1 atom stereocenters. The van der Waals surface area contributed by atoms with E-state index >= 15 is 0 Å². The fourth-order valence-electron chi connectivity index (χ4n) is 1.61. The van der Waals surface area contributed by atoms with Crippen LogP contribution in [0, 0.1) is 0 Å². The third kappa shape index (κ3) is 2.26. The third-order valence-corrected chi connectivity index (χ3v) is 2.98. The van der Waals surface area contributed by atoms with Gasteiger partial charge in [0, 0.05) is 10.8 Å². The molecule has 0 aliphatic rings. The molecule has 1 unspecified atom stereocenters. The average Bonchev–Trinajstić information content (AvgIpc) is 2.29. The molecular weight excluding hydrogens is 208 g/mol. The van der Waals surface area contributed by atoms with Crippen molar-refractivity contribution in [1.82, 2.24) is 10.2 Å². The monoisotopic (exact) mass is 220 g/mol. The maximum absolute atomic E-state index is 6.15. The highest BCUT2D eigenvalue weighted by Crippen LogP contribution is 2.18. The predicted octanol–water partition coefficient (Wildman–Crippen LogP) is 3.19. The summed E-state index contributed by atoms with van der Waals surface area (Å²) >= 11 is 6.15. The van der Waals surface area contributed by atoms with Crippen LogP contribution in [0.2, 0.25) is 0 Å². The number of fused-ring (bicyclic) bond motifs is 1. The molecule has 78 valence electrons. The summed E-state index contributed by atoms with van der Waals surface area (Å²) < 4.78 is 0. The third-order valence-electron chi connectivity index (χ3n) is 2.51. The highest BCUT2D eigenvalue weighted by Gasteiger charge is 2.07. The molecule has 0 fully saturated rings. The minimum absolute atomic E-state index is 0.178. The van der Waals surface area contributed by atoms with Crippen molar-refractivity contribution in [2.45, 2.75) is 25.1 Å². The van der Waals surface area contributed by atoms with Crippen LogP contribution in [0.1, 0.15) is 18.9 Å². The molecule has 0 N–H and O–H groups in total. The molecule has 0 aliphatic heterocycles. The van der Waals surface area contributed by atoms with E-state index in [1.807, 2.05) is 24.4 Å². The highest BCUT2D eigenvalue weighted by molar-refractivity contribution is 6.20. The van der Waals surface area contributed by atoms with Gasteiger partial charge >= 0.3 is 0 Å². The number of rotatable bonds is 3. The van der Waals surface area contributed by atoms with Gasteiger partial charge in [0.25, 0.3) is 0 Å². The molecule has 2 rings (SSSR count). The number of hydrogen-bond donors (Lipinski definition) is 0. The zero-order valence-corrected chi connectivity index (χ0v) is 9.41. The Bertz CT molecular complexity index is 451.